The van der Waals surface area contributed by atoms with E-state index in [0.29, 0.717) is 0 Å². The maximum absolute atomic E-state index is 4.84. The molecule has 3 aromatic carbocycles. The highest BCUT2D eigenvalue weighted by Crippen LogP contribution is 2.39. The minimum absolute atomic E-state index is 0.268. The zero-order valence-corrected chi connectivity index (χ0v) is 23.4. The summed E-state index contributed by atoms with van der Waals surface area (Å²) < 4.78 is 2.49. The van der Waals surface area contributed by atoms with Gasteiger partial charge >= 0.3 is 0 Å². The number of benzene rings is 3. The van der Waals surface area contributed by atoms with E-state index < -0.39 is 8.07 Å². The molecule has 0 radical (unpaired) electrons. The van der Waals surface area contributed by atoms with Gasteiger partial charge in [-0.05, 0) is 65.3 Å². The molecule has 0 spiro atoms. The van der Waals surface area contributed by atoms with Crippen LogP contribution in [0.15, 0.2) is 48.8 Å². The smallest absolute Gasteiger partial charge is 0.116 e. The Morgan fingerprint density at radius 2 is 1.59 bits per heavy atom. The third kappa shape index (κ3) is 4.18. The minimum Gasteiger partial charge on any atom is -0.235 e. The molecule has 0 amide bonds. The first-order valence-corrected chi connectivity index (χ1v) is 16.4. The van der Waals surface area contributed by atoms with E-state index in [1.54, 1.807) is 6.33 Å². The van der Waals surface area contributed by atoms with Gasteiger partial charge in [-0.15, -0.1) is 11.3 Å². The molecular formula is C30H34N2SSi. The average Bonchev–Trinajstić information content (AvgIpc) is 3.09. The second kappa shape index (κ2) is 7.99. The Hall–Kier alpha value is -2.56. The van der Waals surface area contributed by atoms with Crippen molar-refractivity contribution >= 4 is 55.7 Å². The first kappa shape index (κ1) is 23.2. The molecule has 2 aromatic heterocycles. The van der Waals surface area contributed by atoms with Crippen LogP contribution >= 0.6 is 11.3 Å². The summed E-state index contributed by atoms with van der Waals surface area (Å²) in [5, 5.41) is 5.46. The van der Waals surface area contributed by atoms with Crippen molar-refractivity contribution in [1.29, 1.82) is 0 Å². The summed E-state index contributed by atoms with van der Waals surface area (Å²) in [5.74, 6) is 0. The largest absolute Gasteiger partial charge is 0.235 e. The Morgan fingerprint density at radius 1 is 0.853 bits per heavy atom. The number of aryl methyl sites for hydroxylation is 2. The lowest BCUT2D eigenvalue weighted by Gasteiger charge is -2.22. The van der Waals surface area contributed by atoms with Gasteiger partial charge in [-0.1, -0.05) is 75.9 Å². The summed E-state index contributed by atoms with van der Waals surface area (Å²) in [6, 6.07) is 16.4. The summed E-state index contributed by atoms with van der Waals surface area (Å²) >= 11 is 1.83. The van der Waals surface area contributed by atoms with Gasteiger partial charge in [-0.3, -0.25) is 0 Å². The molecule has 4 heteroatoms. The number of nitrogens with zero attached hydrogens (tertiary/aromatic N) is 2. The van der Waals surface area contributed by atoms with Gasteiger partial charge in [0.2, 0.25) is 0 Å². The van der Waals surface area contributed by atoms with Crippen molar-refractivity contribution < 1.29 is 0 Å². The number of hydrogen-bond donors (Lipinski definition) is 0. The van der Waals surface area contributed by atoms with E-state index in [1.807, 2.05) is 11.3 Å². The van der Waals surface area contributed by atoms with Crippen LogP contribution in [0.2, 0.25) is 19.6 Å². The van der Waals surface area contributed by atoms with E-state index in [2.05, 4.69) is 96.7 Å². The lowest BCUT2D eigenvalue weighted by Crippen LogP contribution is -2.38. The van der Waals surface area contributed by atoms with Crippen molar-refractivity contribution in [2.45, 2.75) is 60.7 Å². The van der Waals surface area contributed by atoms with E-state index in [-0.39, 0.29) is 5.41 Å². The lowest BCUT2D eigenvalue weighted by atomic mass is 9.88. The van der Waals surface area contributed by atoms with Crippen LogP contribution in [0.5, 0.6) is 0 Å². The van der Waals surface area contributed by atoms with Crippen LogP contribution in [0.25, 0.3) is 42.3 Å². The normalized spacial score (nSPS) is 12.8. The molecule has 0 bridgehead atoms. The van der Waals surface area contributed by atoms with Gasteiger partial charge in [0.25, 0.3) is 0 Å². The van der Waals surface area contributed by atoms with Gasteiger partial charge in [0.1, 0.15) is 6.33 Å². The summed E-state index contributed by atoms with van der Waals surface area (Å²) in [4.78, 5) is 9.57. The van der Waals surface area contributed by atoms with E-state index in [9.17, 15) is 0 Å². The molecule has 0 aliphatic carbocycles. The quantitative estimate of drug-likeness (QED) is 0.241. The number of hydrogen-bond acceptors (Lipinski definition) is 3. The fourth-order valence-electron chi connectivity index (χ4n) is 4.94. The van der Waals surface area contributed by atoms with Crippen molar-refractivity contribution in [3.8, 4) is 11.3 Å². The molecule has 0 N–H and O–H groups in total. The predicted molar refractivity (Wildman–Crippen MR) is 153 cm³/mol. The zero-order valence-electron chi connectivity index (χ0n) is 21.6. The molecule has 34 heavy (non-hydrogen) atoms. The molecule has 0 fully saturated rings. The second-order valence-electron chi connectivity index (χ2n) is 12.0. The van der Waals surface area contributed by atoms with E-state index >= 15 is 0 Å². The first-order chi connectivity index (χ1) is 15.9. The highest BCUT2D eigenvalue weighted by atomic mass is 32.1. The second-order valence-corrected chi connectivity index (χ2v) is 18.1. The van der Waals surface area contributed by atoms with E-state index in [0.717, 1.165) is 17.6 Å². The van der Waals surface area contributed by atoms with Crippen LogP contribution in [-0.4, -0.2) is 18.0 Å². The number of aromatic nitrogens is 2. The highest BCUT2D eigenvalue weighted by Gasteiger charge is 2.22. The molecule has 0 aliphatic rings. The Labute approximate surface area is 208 Å². The maximum atomic E-state index is 4.84. The van der Waals surface area contributed by atoms with Crippen LogP contribution < -0.4 is 5.19 Å². The predicted octanol–water partition coefficient (Wildman–Crippen LogP) is 8.42. The van der Waals surface area contributed by atoms with Gasteiger partial charge in [0.15, 0.2) is 0 Å². The van der Waals surface area contributed by atoms with E-state index in [1.165, 1.54) is 53.0 Å². The van der Waals surface area contributed by atoms with Gasteiger partial charge < -0.3 is 0 Å². The van der Waals surface area contributed by atoms with Crippen molar-refractivity contribution in [3.05, 3.63) is 65.5 Å². The molecule has 0 aliphatic heterocycles. The third-order valence-electron chi connectivity index (χ3n) is 6.70. The molecule has 2 heterocycles. The molecule has 5 aromatic rings. The molecule has 0 saturated carbocycles. The van der Waals surface area contributed by atoms with Crippen molar-refractivity contribution in [1.82, 2.24) is 9.97 Å². The summed E-state index contributed by atoms with van der Waals surface area (Å²) in [5.41, 5.74) is 7.70. The highest BCUT2D eigenvalue weighted by molar-refractivity contribution is 7.26. The Morgan fingerprint density at radius 3 is 2.29 bits per heavy atom. The Bertz CT molecular complexity index is 1570. The number of thiophene rings is 1. The summed E-state index contributed by atoms with van der Waals surface area (Å²) in [6.07, 6.45) is 2.81. The average molecular weight is 483 g/mol. The van der Waals surface area contributed by atoms with Crippen LogP contribution in [0.1, 0.15) is 37.5 Å². The first-order valence-electron chi connectivity index (χ1n) is 12.1. The zero-order chi connectivity index (χ0) is 24.4. The van der Waals surface area contributed by atoms with Crippen molar-refractivity contribution in [3.63, 3.8) is 0 Å². The van der Waals surface area contributed by atoms with Gasteiger partial charge in [-0.2, -0.15) is 0 Å². The van der Waals surface area contributed by atoms with Crippen molar-refractivity contribution in [2.75, 3.05) is 0 Å². The van der Waals surface area contributed by atoms with Crippen molar-refractivity contribution in [2.24, 2.45) is 5.41 Å². The van der Waals surface area contributed by atoms with Gasteiger partial charge in [-0.25, -0.2) is 9.97 Å². The Kier molecular flexibility index (Phi) is 5.45. The molecule has 2 nitrogen and oxygen atoms in total. The maximum Gasteiger partial charge on any atom is 0.116 e. The summed E-state index contributed by atoms with van der Waals surface area (Å²) in [7, 11) is -1.57. The molecule has 5 rings (SSSR count). The molecule has 0 saturated heterocycles. The fourth-order valence-corrected chi connectivity index (χ4v) is 7.78. The lowest BCUT2D eigenvalue weighted by molar-refractivity contribution is 0.411. The molecule has 0 atom stereocenters. The minimum atomic E-state index is -1.57. The molecule has 0 unspecified atom stereocenters. The SMILES string of the molecule is Cc1cc2cc(-c3ncnc4c3sc3cc(CC(C)(C)C)ccc34)cc([Si](C)(C)C)c2cc1C. The van der Waals surface area contributed by atoms with Gasteiger partial charge in [0, 0.05) is 15.6 Å². The van der Waals surface area contributed by atoms with Crippen LogP contribution in [0, 0.1) is 19.3 Å². The van der Waals surface area contributed by atoms with Crippen LogP contribution in [-0.2, 0) is 6.42 Å². The monoisotopic (exact) mass is 482 g/mol. The standard InChI is InChI=1S/C30H34N2SSi/c1-18-11-21-14-22(15-26(34(6,7)8)24(21)12-19(18)2)27-29-28(32-17-31-27)23-10-9-20(13-25(23)33-29)16-30(3,4)5/h9-15,17H,16H2,1-8H3. The van der Waals surface area contributed by atoms with Gasteiger partial charge in [0.05, 0.1) is 24.0 Å². The summed E-state index contributed by atoms with van der Waals surface area (Å²) in [6.45, 7) is 18.6. The third-order valence-corrected chi connectivity index (χ3v) is 9.88. The van der Waals surface area contributed by atoms with Crippen LogP contribution in [0.4, 0.5) is 0 Å². The molecular weight excluding hydrogens is 448 g/mol. The number of fused-ring (bicyclic) bond motifs is 4. The molecule has 174 valence electrons. The topological polar surface area (TPSA) is 25.8 Å². The van der Waals surface area contributed by atoms with Crippen LogP contribution in [0.3, 0.4) is 0 Å². The Balaban J connectivity index is 1.76. The fraction of sp³-hybridized carbons (Fsp3) is 0.333. The number of rotatable bonds is 3. The van der Waals surface area contributed by atoms with E-state index in [4.69, 9.17) is 9.97 Å².